The summed E-state index contributed by atoms with van der Waals surface area (Å²) < 4.78 is 1.84. The fourth-order valence-corrected chi connectivity index (χ4v) is 2.95. The lowest BCUT2D eigenvalue weighted by atomic mass is 10.1. The van der Waals surface area contributed by atoms with Gasteiger partial charge in [-0.1, -0.05) is 19.4 Å². The van der Waals surface area contributed by atoms with Crippen LogP contribution in [0.5, 0.6) is 0 Å². The van der Waals surface area contributed by atoms with E-state index in [-0.39, 0.29) is 0 Å². The van der Waals surface area contributed by atoms with E-state index in [1.54, 1.807) is 0 Å². The number of nitrogens with one attached hydrogen (secondary N) is 1. The fourth-order valence-electron chi connectivity index (χ4n) is 2.95. The highest BCUT2D eigenvalue weighted by atomic mass is 15.3. The Morgan fingerprint density at radius 2 is 2.10 bits per heavy atom. The van der Waals surface area contributed by atoms with E-state index in [1.807, 2.05) is 11.7 Å². The normalized spacial score (nSPS) is 13.5. The van der Waals surface area contributed by atoms with Crippen molar-refractivity contribution >= 4 is 17.2 Å². The van der Waals surface area contributed by atoms with E-state index < -0.39 is 0 Å². The molecule has 0 atom stereocenters. The molecule has 1 aliphatic carbocycles. The van der Waals surface area contributed by atoms with E-state index in [1.165, 1.54) is 30.4 Å². The molecule has 0 saturated carbocycles. The monoisotopic (exact) mass is 270 g/mol. The quantitative estimate of drug-likeness (QED) is 0.897. The van der Waals surface area contributed by atoms with Crippen LogP contribution in [0.3, 0.4) is 0 Å². The summed E-state index contributed by atoms with van der Waals surface area (Å²) in [6.45, 7) is 2.14. The Balaban J connectivity index is 1.87. The Morgan fingerprint density at radius 3 is 2.90 bits per heavy atom. The predicted octanol–water partition coefficient (Wildman–Crippen LogP) is 3.19. The van der Waals surface area contributed by atoms with Crippen LogP contribution >= 0.6 is 0 Å². The maximum absolute atomic E-state index is 6.21. The summed E-state index contributed by atoms with van der Waals surface area (Å²) in [4.78, 5) is 0. The van der Waals surface area contributed by atoms with Crippen LogP contribution in [0.2, 0.25) is 0 Å². The molecule has 106 valence electrons. The van der Waals surface area contributed by atoms with Crippen LogP contribution in [0, 0.1) is 0 Å². The number of aromatic nitrogens is 2. The van der Waals surface area contributed by atoms with Crippen molar-refractivity contribution in [3.63, 3.8) is 0 Å². The molecule has 0 radical (unpaired) electrons. The molecular weight excluding hydrogens is 248 g/mol. The third-order valence-corrected chi connectivity index (χ3v) is 4.01. The SMILES string of the molecule is CCCc1nn(C)c(Nc2ccc3c(c2)CCC3)c1N. The lowest BCUT2D eigenvalue weighted by Gasteiger charge is -2.09. The van der Waals surface area contributed by atoms with Gasteiger partial charge in [0.05, 0.1) is 11.4 Å². The van der Waals surface area contributed by atoms with Crippen LogP contribution in [0.4, 0.5) is 17.2 Å². The molecule has 4 heteroatoms. The van der Waals surface area contributed by atoms with Gasteiger partial charge < -0.3 is 11.1 Å². The Hall–Kier alpha value is -1.97. The molecule has 0 unspecified atom stereocenters. The molecule has 0 spiro atoms. The first-order valence-electron chi connectivity index (χ1n) is 7.39. The van der Waals surface area contributed by atoms with E-state index in [0.717, 1.165) is 35.7 Å². The molecule has 1 aromatic carbocycles. The van der Waals surface area contributed by atoms with E-state index >= 15 is 0 Å². The standard InChI is InChI=1S/C16H22N4/c1-3-5-14-15(17)16(20(2)19-14)18-13-9-8-11-6-4-7-12(11)10-13/h8-10,18H,3-7,17H2,1-2H3. The van der Waals surface area contributed by atoms with Gasteiger partial charge in [0.2, 0.25) is 0 Å². The summed E-state index contributed by atoms with van der Waals surface area (Å²) in [7, 11) is 1.94. The average Bonchev–Trinajstić information content (AvgIpc) is 2.99. The maximum atomic E-state index is 6.21. The summed E-state index contributed by atoms with van der Waals surface area (Å²) in [6.07, 6.45) is 5.65. The number of hydrogen-bond donors (Lipinski definition) is 2. The second-order valence-corrected chi connectivity index (χ2v) is 5.54. The molecule has 3 N–H and O–H groups in total. The number of rotatable bonds is 4. The topological polar surface area (TPSA) is 55.9 Å². The zero-order valence-electron chi connectivity index (χ0n) is 12.2. The second kappa shape index (κ2) is 5.19. The Morgan fingerprint density at radius 1 is 1.30 bits per heavy atom. The van der Waals surface area contributed by atoms with Crippen LogP contribution in [0.15, 0.2) is 18.2 Å². The van der Waals surface area contributed by atoms with Crippen LogP contribution < -0.4 is 11.1 Å². The molecule has 0 fully saturated rings. The zero-order chi connectivity index (χ0) is 14.1. The van der Waals surface area contributed by atoms with Crippen molar-refractivity contribution in [2.45, 2.75) is 39.0 Å². The van der Waals surface area contributed by atoms with Crippen molar-refractivity contribution in [3.8, 4) is 0 Å². The van der Waals surface area contributed by atoms with Gasteiger partial charge in [0.15, 0.2) is 5.82 Å². The summed E-state index contributed by atoms with van der Waals surface area (Å²) in [5, 5.41) is 7.92. The van der Waals surface area contributed by atoms with Gasteiger partial charge in [-0.25, -0.2) is 0 Å². The summed E-state index contributed by atoms with van der Waals surface area (Å²) in [5.74, 6) is 0.895. The number of fused-ring (bicyclic) bond motifs is 1. The van der Waals surface area contributed by atoms with Crippen LogP contribution in [-0.2, 0) is 26.3 Å². The van der Waals surface area contributed by atoms with Crippen LogP contribution in [-0.4, -0.2) is 9.78 Å². The second-order valence-electron chi connectivity index (χ2n) is 5.54. The van der Waals surface area contributed by atoms with Gasteiger partial charge in [-0.2, -0.15) is 5.10 Å². The zero-order valence-corrected chi connectivity index (χ0v) is 12.2. The minimum Gasteiger partial charge on any atom is -0.394 e. The van der Waals surface area contributed by atoms with Gasteiger partial charge >= 0.3 is 0 Å². The largest absolute Gasteiger partial charge is 0.394 e. The number of nitrogens with zero attached hydrogens (tertiary/aromatic N) is 2. The van der Waals surface area contributed by atoms with Crippen LogP contribution in [0.1, 0.15) is 36.6 Å². The Kier molecular flexibility index (Phi) is 3.38. The minimum atomic E-state index is 0.773. The Bertz CT molecular complexity index is 628. The van der Waals surface area contributed by atoms with Gasteiger partial charge in [0.25, 0.3) is 0 Å². The van der Waals surface area contributed by atoms with Gasteiger partial charge in [-0.15, -0.1) is 0 Å². The van der Waals surface area contributed by atoms with E-state index in [0.29, 0.717) is 0 Å². The van der Waals surface area contributed by atoms with E-state index in [2.05, 4.69) is 35.5 Å². The molecule has 0 bridgehead atoms. The van der Waals surface area contributed by atoms with Crippen molar-refractivity contribution in [2.75, 3.05) is 11.1 Å². The molecule has 1 aliphatic rings. The first-order chi connectivity index (χ1) is 9.69. The third kappa shape index (κ3) is 2.26. The molecule has 3 rings (SSSR count). The lowest BCUT2D eigenvalue weighted by Crippen LogP contribution is -2.01. The number of hydrogen-bond acceptors (Lipinski definition) is 3. The highest BCUT2D eigenvalue weighted by Gasteiger charge is 2.15. The summed E-state index contributed by atoms with van der Waals surface area (Å²) in [6, 6.07) is 6.61. The first-order valence-corrected chi connectivity index (χ1v) is 7.39. The lowest BCUT2D eigenvalue weighted by molar-refractivity contribution is 0.740. The smallest absolute Gasteiger partial charge is 0.152 e. The van der Waals surface area contributed by atoms with Gasteiger partial charge in [0, 0.05) is 12.7 Å². The molecule has 1 aromatic heterocycles. The van der Waals surface area contributed by atoms with E-state index in [9.17, 15) is 0 Å². The molecular formula is C16H22N4. The fraction of sp³-hybridized carbons (Fsp3) is 0.438. The van der Waals surface area contributed by atoms with Crippen molar-refractivity contribution < 1.29 is 0 Å². The first kappa shape index (κ1) is 13.0. The number of anilines is 3. The number of benzene rings is 1. The van der Waals surface area contributed by atoms with Gasteiger partial charge in [-0.05, 0) is 48.9 Å². The highest BCUT2D eigenvalue weighted by Crippen LogP contribution is 2.30. The number of nitrogens with two attached hydrogens (primary N) is 1. The summed E-state index contributed by atoms with van der Waals surface area (Å²) in [5.41, 5.74) is 12.0. The molecule has 0 saturated heterocycles. The minimum absolute atomic E-state index is 0.773. The number of aryl methyl sites for hydroxylation is 4. The van der Waals surface area contributed by atoms with Gasteiger partial charge in [0.1, 0.15) is 0 Å². The van der Waals surface area contributed by atoms with Crippen molar-refractivity contribution in [1.82, 2.24) is 9.78 Å². The van der Waals surface area contributed by atoms with Crippen LogP contribution in [0.25, 0.3) is 0 Å². The van der Waals surface area contributed by atoms with Crippen molar-refractivity contribution in [3.05, 3.63) is 35.0 Å². The van der Waals surface area contributed by atoms with Crippen molar-refractivity contribution in [2.24, 2.45) is 7.05 Å². The molecule has 0 amide bonds. The van der Waals surface area contributed by atoms with Crippen molar-refractivity contribution in [1.29, 1.82) is 0 Å². The van der Waals surface area contributed by atoms with E-state index in [4.69, 9.17) is 5.73 Å². The molecule has 1 heterocycles. The number of nitrogen functional groups attached to an aromatic ring is 1. The van der Waals surface area contributed by atoms with Gasteiger partial charge in [-0.3, -0.25) is 4.68 Å². The molecule has 4 nitrogen and oxygen atoms in total. The molecule has 20 heavy (non-hydrogen) atoms. The summed E-state index contributed by atoms with van der Waals surface area (Å²) >= 11 is 0. The Labute approximate surface area is 120 Å². The molecule has 2 aromatic rings. The third-order valence-electron chi connectivity index (χ3n) is 4.01. The predicted molar refractivity (Wildman–Crippen MR) is 83.4 cm³/mol. The average molecular weight is 270 g/mol. The maximum Gasteiger partial charge on any atom is 0.152 e. The highest BCUT2D eigenvalue weighted by molar-refractivity contribution is 5.71. The molecule has 0 aliphatic heterocycles.